The van der Waals surface area contributed by atoms with Crippen LogP contribution in [-0.4, -0.2) is 35.9 Å². The summed E-state index contributed by atoms with van der Waals surface area (Å²) in [4.78, 5) is 27.5. The predicted octanol–water partition coefficient (Wildman–Crippen LogP) is 1.81. The molecule has 0 unspecified atom stereocenters. The van der Waals surface area contributed by atoms with Crippen molar-refractivity contribution in [3.05, 3.63) is 22.8 Å². The van der Waals surface area contributed by atoms with E-state index >= 15 is 0 Å². The Kier molecular flexibility index (Phi) is 6.94. The minimum atomic E-state index is -0.282. The average Bonchev–Trinajstić information content (AvgIpc) is 2.37. The lowest BCUT2D eigenvalue weighted by Crippen LogP contribution is -2.34. The number of nitrogens with one attached hydrogen (secondary N) is 3. The topological polar surface area (TPSA) is 83.1 Å². The first kappa shape index (κ1) is 17.2. The maximum Gasteiger partial charge on any atom is 0.251 e. The molecule has 0 saturated carbocycles. The zero-order valence-electron chi connectivity index (χ0n) is 12.5. The van der Waals surface area contributed by atoms with Gasteiger partial charge in [0.15, 0.2) is 0 Å². The zero-order valence-corrected chi connectivity index (χ0v) is 13.3. The highest BCUT2D eigenvalue weighted by Crippen LogP contribution is 2.14. The number of hydrogen-bond donors (Lipinski definition) is 3. The Labute approximate surface area is 129 Å². The van der Waals surface area contributed by atoms with Gasteiger partial charge in [-0.05, 0) is 32.9 Å². The molecule has 3 N–H and O–H groups in total. The molecule has 0 atom stereocenters. The minimum absolute atomic E-state index is 0.0913. The van der Waals surface area contributed by atoms with Crippen LogP contribution in [0.5, 0.6) is 0 Å². The van der Waals surface area contributed by atoms with Gasteiger partial charge in [0.05, 0.1) is 0 Å². The standard InChI is InChI=1S/C14H21ClN4O2/c1-4-16-12-8-10(7-11(15)19-12)14(21)17-6-5-13(20)18-9(2)3/h7-9H,4-6H2,1-3H3,(H,16,19)(H,17,21)(H,18,20). The van der Waals surface area contributed by atoms with Crippen molar-refractivity contribution in [2.75, 3.05) is 18.4 Å². The minimum Gasteiger partial charge on any atom is -0.370 e. The third kappa shape index (κ3) is 6.44. The Morgan fingerprint density at radius 3 is 2.67 bits per heavy atom. The number of hydrogen-bond acceptors (Lipinski definition) is 4. The average molecular weight is 313 g/mol. The molecule has 0 radical (unpaired) electrons. The molecule has 1 heterocycles. The van der Waals surface area contributed by atoms with Crippen molar-refractivity contribution in [1.82, 2.24) is 15.6 Å². The Morgan fingerprint density at radius 1 is 1.33 bits per heavy atom. The van der Waals surface area contributed by atoms with Crippen molar-refractivity contribution in [3.8, 4) is 0 Å². The van der Waals surface area contributed by atoms with E-state index in [4.69, 9.17) is 11.6 Å². The summed E-state index contributed by atoms with van der Waals surface area (Å²) in [7, 11) is 0. The largest absolute Gasteiger partial charge is 0.370 e. The number of halogens is 1. The van der Waals surface area contributed by atoms with Crippen molar-refractivity contribution in [2.45, 2.75) is 33.2 Å². The van der Waals surface area contributed by atoms with Crippen molar-refractivity contribution in [3.63, 3.8) is 0 Å². The fourth-order valence-electron chi connectivity index (χ4n) is 1.69. The second-order valence-corrected chi connectivity index (χ2v) is 5.21. The van der Waals surface area contributed by atoms with E-state index in [-0.39, 0.29) is 36.0 Å². The van der Waals surface area contributed by atoms with Crippen molar-refractivity contribution in [1.29, 1.82) is 0 Å². The molecule has 116 valence electrons. The molecule has 0 spiro atoms. The van der Waals surface area contributed by atoms with Crippen LogP contribution in [-0.2, 0) is 4.79 Å². The van der Waals surface area contributed by atoms with E-state index in [2.05, 4.69) is 20.9 Å². The first-order valence-electron chi connectivity index (χ1n) is 6.91. The lowest BCUT2D eigenvalue weighted by molar-refractivity contribution is -0.121. The summed E-state index contributed by atoms with van der Waals surface area (Å²) in [5.74, 6) is 0.176. The molecule has 0 fully saturated rings. The van der Waals surface area contributed by atoms with Crippen LogP contribution in [0.15, 0.2) is 12.1 Å². The quantitative estimate of drug-likeness (QED) is 0.671. The molecule has 7 heteroatoms. The van der Waals surface area contributed by atoms with Crippen LogP contribution in [0.1, 0.15) is 37.6 Å². The molecule has 2 amide bonds. The summed E-state index contributed by atoms with van der Waals surface area (Å²) >= 11 is 5.88. The molecule has 6 nitrogen and oxygen atoms in total. The molecular formula is C14H21ClN4O2. The third-order valence-corrected chi connectivity index (χ3v) is 2.70. The van der Waals surface area contributed by atoms with Crippen LogP contribution in [0.25, 0.3) is 0 Å². The first-order chi connectivity index (χ1) is 9.92. The van der Waals surface area contributed by atoms with Gasteiger partial charge in [-0.3, -0.25) is 9.59 Å². The van der Waals surface area contributed by atoms with Gasteiger partial charge in [-0.25, -0.2) is 4.98 Å². The van der Waals surface area contributed by atoms with Crippen LogP contribution in [0.4, 0.5) is 5.82 Å². The molecule has 1 rings (SSSR count). The van der Waals surface area contributed by atoms with E-state index in [0.717, 1.165) is 0 Å². The molecule has 0 aromatic carbocycles. The smallest absolute Gasteiger partial charge is 0.251 e. The van der Waals surface area contributed by atoms with Crippen LogP contribution in [0.3, 0.4) is 0 Å². The monoisotopic (exact) mass is 312 g/mol. The number of nitrogens with zero attached hydrogens (tertiary/aromatic N) is 1. The van der Waals surface area contributed by atoms with Gasteiger partial charge in [-0.2, -0.15) is 0 Å². The summed E-state index contributed by atoms with van der Waals surface area (Å²) < 4.78 is 0. The normalized spacial score (nSPS) is 10.3. The van der Waals surface area contributed by atoms with Crippen molar-refractivity contribution >= 4 is 29.2 Å². The van der Waals surface area contributed by atoms with Crippen LogP contribution in [0, 0.1) is 0 Å². The number of pyridine rings is 1. The highest BCUT2D eigenvalue weighted by molar-refractivity contribution is 6.29. The van der Waals surface area contributed by atoms with Gasteiger partial charge in [0.2, 0.25) is 5.91 Å². The fraction of sp³-hybridized carbons (Fsp3) is 0.500. The molecular weight excluding hydrogens is 292 g/mol. The fourth-order valence-corrected chi connectivity index (χ4v) is 1.89. The molecule has 21 heavy (non-hydrogen) atoms. The number of amides is 2. The van der Waals surface area contributed by atoms with Gasteiger partial charge in [-0.15, -0.1) is 0 Å². The van der Waals surface area contributed by atoms with E-state index < -0.39 is 0 Å². The molecule has 0 aliphatic rings. The zero-order chi connectivity index (χ0) is 15.8. The van der Waals surface area contributed by atoms with Gasteiger partial charge in [0, 0.05) is 31.1 Å². The van der Waals surface area contributed by atoms with E-state index in [1.807, 2.05) is 20.8 Å². The maximum atomic E-state index is 12.0. The highest BCUT2D eigenvalue weighted by atomic mass is 35.5. The lowest BCUT2D eigenvalue weighted by atomic mass is 10.2. The van der Waals surface area contributed by atoms with E-state index in [1.54, 1.807) is 6.07 Å². The summed E-state index contributed by atoms with van der Waals surface area (Å²) in [5.41, 5.74) is 0.412. The molecule has 0 aliphatic carbocycles. The summed E-state index contributed by atoms with van der Waals surface area (Å²) in [6.07, 6.45) is 0.239. The number of carbonyl (C=O) groups is 2. The molecule has 0 saturated heterocycles. The van der Waals surface area contributed by atoms with Gasteiger partial charge < -0.3 is 16.0 Å². The van der Waals surface area contributed by atoms with Gasteiger partial charge >= 0.3 is 0 Å². The van der Waals surface area contributed by atoms with Gasteiger partial charge in [0.1, 0.15) is 11.0 Å². The Morgan fingerprint density at radius 2 is 2.05 bits per heavy atom. The second-order valence-electron chi connectivity index (χ2n) is 4.82. The third-order valence-electron chi connectivity index (χ3n) is 2.50. The van der Waals surface area contributed by atoms with E-state index in [0.29, 0.717) is 17.9 Å². The van der Waals surface area contributed by atoms with E-state index in [9.17, 15) is 9.59 Å². The Bertz CT molecular complexity index is 506. The highest BCUT2D eigenvalue weighted by Gasteiger charge is 2.10. The number of anilines is 1. The van der Waals surface area contributed by atoms with Crippen LogP contribution in [0.2, 0.25) is 5.15 Å². The SMILES string of the molecule is CCNc1cc(C(=O)NCCC(=O)NC(C)C)cc(Cl)n1. The van der Waals surface area contributed by atoms with Gasteiger partial charge in [-0.1, -0.05) is 11.6 Å². The Hall–Kier alpha value is -1.82. The summed E-state index contributed by atoms with van der Waals surface area (Å²) in [6.45, 7) is 6.66. The Balaban J connectivity index is 2.54. The number of carbonyl (C=O) groups excluding carboxylic acids is 2. The second kappa shape index (κ2) is 8.46. The van der Waals surface area contributed by atoms with Crippen molar-refractivity contribution < 1.29 is 9.59 Å². The van der Waals surface area contributed by atoms with E-state index in [1.165, 1.54) is 6.07 Å². The number of rotatable bonds is 7. The van der Waals surface area contributed by atoms with Crippen LogP contribution < -0.4 is 16.0 Å². The predicted molar refractivity (Wildman–Crippen MR) is 83.6 cm³/mol. The molecule has 0 aliphatic heterocycles. The van der Waals surface area contributed by atoms with Crippen molar-refractivity contribution in [2.24, 2.45) is 0 Å². The number of aromatic nitrogens is 1. The maximum absolute atomic E-state index is 12.0. The molecule has 0 bridgehead atoms. The molecule has 1 aromatic heterocycles. The van der Waals surface area contributed by atoms with Gasteiger partial charge in [0.25, 0.3) is 5.91 Å². The lowest BCUT2D eigenvalue weighted by Gasteiger charge is -2.10. The van der Waals surface area contributed by atoms with Crippen LogP contribution >= 0.6 is 11.6 Å². The summed E-state index contributed by atoms with van der Waals surface area (Å²) in [6, 6.07) is 3.21. The summed E-state index contributed by atoms with van der Waals surface area (Å²) in [5, 5.41) is 8.69. The molecule has 1 aromatic rings. The first-order valence-corrected chi connectivity index (χ1v) is 7.29.